The van der Waals surface area contributed by atoms with Gasteiger partial charge in [-0.05, 0) is 87.8 Å². The van der Waals surface area contributed by atoms with Crippen LogP contribution in [0.15, 0.2) is 53.4 Å². The molecule has 0 aliphatic heterocycles. The van der Waals surface area contributed by atoms with E-state index in [2.05, 4.69) is 0 Å². The monoisotopic (exact) mass is 545 g/mol. The molecule has 1 fully saturated rings. The summed E-state index contributed by atoms with van der Waals surface area (Å²) in [5, 5.41) is 10.1. The van der Waals surface area contributed by atoms with Crippen LogP contribution in [0.5, 0.6) is 5.75 Å². The van der Waals surface area contributed by atoms with Gasteiger partial charge in [-0.15, -0.1) is 0 Å². The Morgan fingerprint density at radius 3 is 2.37 bits per heavy atom. The molecule has 1 amide bonds. The van der Waals surface area contributed by atoms with Crippen molar-refractivity contribution in [2.45, 2.75) is 75.5 Å². The lowest BCUT2D eigenvalue weighted by atomic mass is 9.92. The maximum absolute atomic E-state index is 13.3. The van der Waals surface area contributed by atoms with Crippen molar-refractivity contribution in [3.63, 3.8) is 0 Å². The van der Waals surface area contributed by atoms with E-state index in [0.29, 0.717) is 18.6 Å². The van der Waals surface area contributed by atoms with Crippen molar-refractivity contribution in [2.75, 3.05) is 19.9 Å². The number of sulfone groups is 1. The number of amides is 1. The number of benzene rings is 2. The van der Waals surface area contributed by atoms with Crippen LogP contribution in [-0.4, -0.2) is 61.9 Å². The Morgan fingerprint density at radius 2 is 1.79 bits per heavy atom. The van der Waals surface area contributed by atoms with Gasteiger partial charge in [-0.2, -0.15) is 0 Å². The Morgan fingerprint density at radius 1 is 1.11 bits per heavy atom. The first-order valence-electron chi connectivity index (χ1n) is 12.9. The largest absolute Gasteiger partial charge is 0.482 e. The lowest BCUT2D eigenvalue weighted by Gasteiger charge is -2.31. The van der Waals surface area contributed by atoms with Crippen LogP contribution in [0.4, 0.5) is 0 Å². The van der Waals surface area contributed by atoms with E-state index in [-0.39, 0.29) is 41.9 Å². The average molecular weight is 546 g/mol. The van der Waals surface area contributed by atoms with Crippen molar-refractivity contribution in [1.82, 2.24) is 4.90 Å². The van der Waals surface area contributed by atoms with Gasteiger partial charge < -0.3 is 19.5 Å². The first-order chi connectivity index (χ1) is 17.7. The van der Waals surface area contributed by atoms with Crippen molar-refractivity contribution in [3.05, 3.63) is 59.7 Å². The van der Waals surface area contributed by atoms with E-state index in [1.807, 2.05) is 18.2 Å². The minimum absolute atomic E-state index is 0.110. The van der Waals surface area contributed by atoms with E-state index in [1.54, 1.807) is 50.9 Å². The molecule has 1 aliphatic rings. The standard InChI is InChI=1S/C29H39NO7S/c1-29(2,3)37-28(33)19-36-24-8-6-7-22(18-24)26(16-21-9-12-23(31)15-21)30(4)27(32)17-20-10-13-25(14-11-20)38(5,34)35/h6-8,10-11,13-14,18,21,23,26,31H,9,12,15-17,19H2,1-5H3/t21?,23-,26+/m1/s1. The Hall–Kier alpha value is -2.91. The summed E-state index contributed by atoms with van der Waals surface area (Å²) in [6.07, 6.45) is 3.97. The second kappa shape index (κ2) is 12.3. The van der Waals surface area contributed by atoms with E-state index in [0.717, 1.165) is 30.2 Å². The fourth-order valence-corrected chi connectivity index (χ4v) is 5.38. The van der Waals surface area contributed by atoms with E-state index >= 15 is 0 Å². The summed E-state index contributed by atoms with van der Waals surface area (Å²) in [6, 6.07) is 13.4. The number of hydrogen-bond donors (Lipinski definition) is 1. The van der Waals surface area contributed by atoms with Crippen LogP contribution in [0.25, 0.3) is 0 Å². The Labute approximate surface area is 225 Å². The van der Waals surface area contributed by atoms with Crippen molar-refractivity contribution in [3.8, 4) is 5.75 Å². The van der Waals surface area contributed by atoms with Crippen LogP contribution < -0.4 is 4.74 Å². The molecule has 208 valence electrons. The highest BCUT2D eigenvalue weighted by Gasteiger charge is 2.30. The third kappa shape index (κ3) is 8.84. The van der Waals surface area contributed by atoms with Gasteiger partial charge in [-0.3, -0.25) is 4.79 Å². The first-order valence-corrected chi connectivity index (χ1v) is 14.8. The third-order valence-electron chi connectivity index (χ3n) is 6.66. The first kappa shape index (κ1) is 29.6. The fraction of sp³-hybridized carbons (Fsp3) is 0.517. The van der Waals surface area contributed by atoms with Gasteiger partial charge in [0, 0.05) is 13.3 Å². The molecule has 2 aromatic rings. The third-order valence-corrected chi connectivity index (χ3v) is 7.79. The molecule has 9 heteroatoms. The molecule has 3 rings (SSSR count). The number of carbonyl (C=O) groups excluding carboxylic acids is 2. The normalized spacial score (nSPS) is 18.6. The Kier molecular flexibility index (Phi) is 9.59. The van der Waals surface area contributed by atoms with Gasteiger partial charge in [0.2, 0.25) is 5.91 Å². The molecule has 1 N–H and O–H groups in total. The van der Waals surface area contributed by atoms with Gasteiger partial charge in [0.05, 0.1) is 23.5 Å². The number of hydrogen-bond acceptors (Lipinski definition) is 7. The lowest BCUT2D eigenvalue weighted by molar-refractivity contribution is -0.157. The number of likely N-dealkylation sites (N-methyl/N-ethyl adjacent to an activating group) is 1. The molecule has 0 radical (unpaired) electrons. The number of nitrogens with zero attached hydrogens (tertiary/aromatic N) is 1. The van der Waals surface area contributed by atoms with Crippen molar-refractivity contribution >= 4 is 21.7 Å². The van der Waals surface area contributed by atoms with Gasteiger partial charge in [0.15, 0.2) is 16.4 Å². The van der Waals surface area contributed by atoms with E-state index < -0.39 is 21.4 Å². The highest BCUT2D eigenvalue weighted by atomic mass is 32.2. The van der Waals surface area contributed by atoms with E-state index in [9.17, 15) is 23.1 Å². The van der Waals surface area contributed by atoms with Crippen molar-refractivity contribution in [2.24, 2.45) is 5.92 Å². The average Bonchev–Trinajstić information content (AvgIpc) is 3.24. The number of aliphatic hydroxyl groups is 1. The number of ether oxygens (including phenoxy) is 2. The molecule has 3 atom stereocenters. The van der Waals surface area contributed by atoms with Crippen LogP contribution in [0, 0.1) is 5.92 Å². The second-order valence-electron chi connectivity index (χ2n) is 11.1. The predicted octanol–water partition coefficient (Wildman–Crippen LogP) is 4.10. The Balaban J connectivity index is 1.77. The molecule has 0 aromatic heterocycles. The van der Waals surface area contributed by atoms with Crippen LogP contribution in [-0.2, 0) is 30.6 Å². The highest BCUT2D eigenvalue weighted by Crippen LogP contribution is 2.37. The zero-order valence-corrected chi connectivity index (χ0v) is 23.7. The molecule has 8 nitrogen and oxygen atoms in total. The van der Waals surface area contributed by atoms with Gasteiger partial charge >= 0.3 is 5.97 Å². The number of carbonyl (C=O) groups is 2. The molecule has 38 heavy (non-hydrogen) atoms. The summed E-state index contributed by atoms with van der Waals surface area (Å²) < 4.78 is 34.5. The summed E-state index contributed by atoms with van der Waals surface area (Å²) in [7, 11) is -1.55. The van der Waals surface area contributed by atoms with Gasteiger partial charge in [-0.1, -0.05) is 24.3 Å². The van der Waals surface area contributed by atoms with Crippen molar-refractivity contribution in [1.29, 1.82) is 0 Å². The summed E-state index contributed by atoms with van der Waals surface area (Å²) in [6.45, 7) is 5.16. The molecular weight excluding hydrogens is 506 g/mol. The smallest absolute Gasteiger partial charge is 0.344 e. The van der Waals surface area contributed by atoms with Crippen LogP contribution in [0.2, 0.25) is 0 Å². The summed E-state index contributed by atoms with van der Waals surface area (Å²) in [4.78, 5) is 27.4. The molecule has 1 aliphatic carbocycles. The molecular formula is C29H39NO7S. The van der Waals surface area contributed by atoms with Crippen LogP contribution >= 0.6 is 0 Å². The minimum atomic E-state index is -3.31. The van der Waals surface area contributed by atoms with Crippen molar-refractivity contribution < 1.29 is 32.6 Å². The molecule has 0 bridgehead atoms. The minimum Gasteiger partial charge on any atom is -0.482 e. The summed E-state index contributed by atoms with van der Waals surface area (Å²) in [5.74, 6) is 0.196. The topological polar surface area (TPSA) is 110 Å². The molecule has 0 spiro atoms. The van der Waals surface area contributed by atoms with E-state index in [1.165, 1.54) is 12.1 Å². The van der Waals surface area contributed by atoms with Crippen LogP contribution in [0.1, 0.15) is 63.6 Å². The zero-order valence-electron chi connectivity index (χ0n) is 22.8. The predicted molar refractivity (Wildman–Crippen MR) is 145 cm³/mol. The lowest BCUT2D eigenvalue weighted by Crippen LogP contribution is -2.33. The van der Waals surface area contributed by atoms with Gasteiger partial charge in [0.25, 0.3) is 0 Å². The summed E-state index contributed by atoms with van der Waals surface area (Å²) >= 11 is 0. The second-order valence-corrected chi connectivity index (χ2v) is 13.1. The van der Waals surface area contributed by atoms with Crippen LogP contribution in [0.3, 0.4) is 0 Å². The van der Waals surface area contributed by atoms with Gasteiger partial charge in [-0.25, -0.2) is 13.2 Å². The molecule has 1 unspecified atom stereocenters. The van der Waals surface area contributed by atoms with Gasteiger partial charge in [0.1, 0.15) is 11.4 Å². The number of rotatable bonds is 10. The molecule has 2 aromatic carbocycles. The molecule has 0 heterocycles. The maximum atomic E-state index is 13.3. The Bertz CT molecular complexity index is 1220. The zero-order chi connectivity index (χ0) is 28.1. The molecule has 1 saturated carbocycles. The summed E-state index contributed by atoms with van der Waals surface area (Å²) in [5.41, 5.74) is 0.989. The highest BCUT2D eigenvalue weighted by molar-refractivity contribution is 7.90. The SMILES string of the molecule is CN(C(=O)Cc1ccc(S(C)(=O)=O)cc1)[C@@H](CC1CC[C@@H](O)C1)c1cccc(OCC(=O)OC(C)(C)C)c1. The van der Waals surface area contributed by atoms with E-state index in [4.69, 9.17) is 9.47 Å². The molecule has 0 saturated heterocycles. The number of esters is 1. The number of aliphatic hydroxyl groups excluding tert-OH is 1. The fourth-order valence-electron chi connectivity index (χ4n) is 4.75. The quantitative estimate of drug-likeness (QED) is 0.448. The maximum Gasteiger partial charge on any atom is 0.344 e.